The van der Waals surface area contributed by atoms with E-state index >= 15 is 0 Å². The highest BCUT2D eigenvalue weighted by Gasteiger charge is 2.60. The van der Waals surface area contributed by atoms with Crippen LogP contribution in [0.25, 0.3) is 0 Å². The Kier molecular flexibility index (Phi) is 3.45. The third kappa shape index (κ3) is 2.01. The van der Waals surface area contributed by atoms with Crippen molar-refractivity contribution in [1.29, 1.82) is 0 Å². The normalized spacial score (nSPS) is 49.3. The van der Waals surface area contributed by atoms with Crippen molar-refractivity contribution in [3.8, 4) is 0 Å². The molecule has 0 N–H and O–H groups in total. The van der Waals surface area contributed by atoms with Crippen LogP contribution in [0.15, 0.2) is 0 Å². The van der Waals surface area contributed by atoms with Crippen LogP contribution in [0.3, 0.4) is 0 Å². The summed E-state index contributed by atoms with van der Waals surface area (Å²) in [5.41, 5.74) is 0.249. The molecule has 0 bridgehead atoms. The van der Waals surface area contributed by atoms with Crippen LogP contribution in [-0.2, 0) is 9.59 Å². The van der Waals surface area contributed by atoms with Crippen molar-refractivity contribution in [3.63, 3.8) is 0 Å². The molecule has 3 saturated carbocycles. The number of carbonyl (C=O) groups is 2. The van der Waals surface area contributed by atoms with Crippen LogP contribution in [0.5, 0.6) is 0 Å². The Morgan fingerprint density at radius 3 is 2.61 bits per heavy atom. The Hall–Kier alpha value is -0.860. The van der Waals surface area contributed by atoms with Crippen molar-refractivity contribution in [3.05, 3.63) is 0 Å². The van der Waals surface area contributed by atoms with Crippen LogP contribution in [0.1, 0.15) is 72.1 Å². The Bertz CT molecular complexity index is 544. The largest absolute Gasteiger partial charge is 0.339 e. The maximum atomic E-state index is 12.5. The molecule has 0 aromatic carbocycles. The minimum absolute atomic E-state index is 0.0285. The van der Waals surface area contributed by atoms with E-state index in [4.69, 9.17) is 0 Å². The molecule has 0 aromatic rings. The number of fused-ring (bicyclic) bond motifs is 5. The maximum Gasteiger partial charge on any atom is 0.219 e. The predicted octanol–water partition coefficient (Wildman–Crippen LogP) is 3.81. The van der Waals surface area contributed by atoms with Gasteiger partial charge in [0, 0.05) is 31.3 Å². The lowest BCUT2D eigenvalue weighted by Crippen LogP contribution is -2.61. The number of amides is 1. The molecular weight excluding hydrogens is 286 g/mol. The molecule has 1 heterocycles. The number of piperidine rings is 1. The number of Topliss-reactive ketones (excluding diaryl/α,β-unsaturated/α-hetero) is 1. The summed E-state index contributed by atoms with van der Waals surface area (Å²) < 4.78 is 0. The van der Waals surface area contributed by atoms with Gasteiger partial charge in [-0.1, -0.05) is 13.8 Å². The fourth-order valence-electron chi connectivity index (χ4n) is 7.23. The molecule has 3 nitrogen and oxygen atoms in total. The average molecular weight is 317 g/mol. The van der Waals surface area contributed by atoms with Crippen LogP contribution in [0.4, 0.5) is 0 Å². The second-order valence-corrected chi connectivity index (χ2v) is 9.21. The molecule has 0 aromatic heterocycles. The standard InChI is InChI=1S/C20H31NO2/c1-13(22)21-12-4-10-19(2)16-9-11-20(3)15(6-8-18(20)23)14(16)5-7-17(19)21/h14-17H,4-12H2,1-3H3/t14-,15-,16-,17?,19+,20-/m0/s1. The summed E-state index contributed by atoms with van der Waals surface area (Å²) in [7, 11) is 0. The highest BCUT2D eigenvalue weighted by Crippen LogP contribution is 2.63. The maximum absolute atomic E-state index is 12.5. The van der Waals surface area contributed by atoms with Gasteiger partial charge >= 0.3 is 0 Å². The lowest BCUT2D eigenvalue weighted by Gasteiger charge is -2.61. The third-order valence-electron chi connectivity index (χ3n) is 8.42. The van der Waals surface area contributed by atoms with Gasteiger partial charge in [0.05, 0.1) is 0 Å². The van der Waals surface area contributed by atoms with Crippen molar-refractivity contribution in [1.82, 2.24) is 4.90 Å². The molecule has 6 atom stereocenters. The number of nitrogens with zero attached hydrogens (tertiary/aromatic N) is 1. The number of hydrogen-bond acceptors (Lipinski definition) is 2. The van der Waals surface area contributed by atoms with Crippen LogP contribution >= 0.6 is 0 Å². The summed E-state index contributed by atoms with van der Waals surface area (Å²) in [6.45, 7) is 7.40. The lowest BCUT2D eigenvalue weighted by atomic mass is 9.47. The second-order valence-electron chi connectivity index (χ2n) is 9.21. The van der Waals surface area contributed by atoms with Crippen LogP contribution in [0, 0.1) is 28.6 Å². The zero-order valence-corrected chi connectivity index (χ0v) is 14.9. The van der Waals surface area contributed by atoms with Crippen molar-refractivity contribution in [2.24, 2.45) is 28.6 Å². The van der Waals surface area contributed by atoms with E-state index in [9.17, 15) is 9.59 Å². The van der Waals surface area contributed by atoms with E-state index < -0.39 is 0 Å². The van der Waals surface area contributed by atoms with Gasteiger partial charge in [0.25, 0.3) is 0 Å². The van der Waals surface area contributed by atoms with E-state index in [1.54, 1.807) is 6.92 Å². The highest BCUT2D eigenvalue weighted by molar-refractivity contribution is 5.87. The fourth-order valence-corrected chi connectivity index (χ4v) is 7.23. The van der Waals surface area contributed by atoms with Gasteiger partial charge in [-0.25, -0.2) is 0 Å². The van der Waals surface area contributed by atoms with Gasteiger partial charge < -0.3 is 4.90 Å². The molecule has 1 amide bonds. The third-order valence-corrected chi connectivity index (χ3v) is 8.42. The van der Waals surface area contributed by atoms with E-state index in [2.05, 4.69) is 18.7 Å². The molecule has 4 fully saturated rings. The number of carbonyl (C=O) groups excluding carboxylic acids is 2. The quantitative estimate of drug-likeness (QED) is 0.681. The zero-order valence-electron chi connectivity index (χ0n) is 14.9. The Labute approximate surface area is 140 Å². The molecule has 1 aliphatic heterocycles. The van der Waals surface area contributed by atoms with Crippen LogP contribution < -0.4 is 0 Å². The topological polar surface area (TPSA) is 37.4 Å². The van der Waals surface area contributed by atoms with E-state index in [1.807, 2.05) is 0 Å². The smallest absolute Gasteiger partial charge is 0.219 e. The summed E-state index contributed by atoms with van der Waals surface area (Å²) >= 11 is 0. The van der Waals surface area contributed by atoms with E-state index in [0.717, 1.165) is 38.6 Å². The molecule has 0 spiro atoms. The van der Waals surface area contributed by atoms with Gasteiger partial charge in [-0.05, 0) is 68.1 Å². The minimum atomic E-state index is -0.0285. The van der Waals surface area contributed by atoms with E-state index in [0.29, 0.717) is 29.6 Å². The monoisotopic (exact) mass is 317 g/mol. The van der Waals surface area contributed by atoms with Gasteiger partial charge in [0.1, 0.15) is 5.78 Å². The van der Waals surface area contributed by atoms with E-state index in [1.165, 1.54) is 19.3 Å². The van der Waals surface area contributed by atoms with Crippen molar-refractivity contribution in [2.45, 2.75) is 78.2 Å². The van der Waals surface area contributed by atoms with E-state index in [-0.39, 0.29) is 16.7 Å². The molecular formula is C20H31NO2. The summed E-state index contributed by atoms with van der Waals surface area (Å²) in [4.78, 5) is 26.7. The molecule has 128 valence electrons. The first-order valence-electron chi connectivity index (χ1n) is 9.68. The molecule has 23 heavy (non-hydrogen) atoms. The molecule has 3 aliphatic carbocycles. The first-order chi connectivity index (χ1) is 10.9. The van der Waals surface area contributed by atoms with Gasteiger partial charge in [0.2, 0.25) is 5.91 Å². The van der Waals surface area contributed by atoms with Gasteiger partial charge in [-0.2, -0.15) is 0 Å². The number of likely N-dealkylation sites (tertiary alicyclic amines) is 1. The first kappa shape index (κ1) is 15.7. The van der Waals surface area contributed by atoms with Crippen molar-refractivity contribution < 1.29 is 9.59 Å². The fraction of sp³-hybridized carbons (Fsp3) is 0.900. The first-order valence-corrected chi connectivity index (χ1v) is 9.68. The van der Waals surface area contributed by atoms with Gasteiger partial charge in [-0.15, -0.1) is 0 Å². The number of rotatable bonds is 0. The Morgan fingerprint density at radius 2 is 1.87 bits per heavy atom. The number of hydrogen-bond donors (Lipinski definition) is 0. The van der Waals surface area contributed by atoms with Crippen molar-refractivity contribution >= 4 is 11.7 Å². The molecule has 3 heteroatoms. The summed E-state index contributed by atoms with van der Waals surface area (Å²) in [5, 5.41) is 0. The Morgan fingerprint density at radius 1 is 1.09 bits per heavy atom. The second kappa shape index (κ2) is 5.07. The Balaban J connectivity index is 1.66. The zero-order chi connectivity index (χ0) is 16.4. The average Bonchev–Trinajstić information content (AvgIpc) is 2.81. The predicted molar refractivity (Wildman–Crippen MR) is 89.8 cm³/mol. The lowest BCUT2D eigenvalue weighted by molar-refractivity contribution is -0.155. The molecule has 4 aliphatic rings. The molecule has 4 rings (SSSR count). The van der Waals surface area contributed by atoms with Gasteiger partial charge in [0.15, 0.2) is 0 Å². The minimum Gasteiger partial charge on any atom is -0.339 e. The molecule has 0 radical (unpaired) electrons. The van der Waals surface area contributed by atoms with Crippen LogP contribution in [-0.4, -0.2) is 29.2 Å². The summed E-state index contributed by atoms with van der Waals surface area (Å²) in [6, 6.07) is 0.441. The SMILES string of the molecule is CC(=O)N1CCC[C@@]2(C)C1CC[C@@H]1[C@@H]2CC[C@]2(C)C(=O)CC[C@@H]12. The van der Waals surface area contributed by atoms with Gasteiger partial charge in [-0.3, -0.25) is 9.59 Å². The summed E-state index contributed by atoms with van der Waals surface area (Å²) in [6.07, 6.45) is 9.00. The van der Waals surface area contributed by atoms with Crippen LogP contribution in [0.2, 0.25) is 0 Å². The number of ketones is 1. The highest BCUT2D eigenvalue weighted by atomic mass is 16.2. The summed E-state index contributed by atoms with van der Waals surface area (Å²) in [5.74, 6) is 2.83. The van der Waals surface area contributed by atoms with Crippen molar-refractivity contribution in [2.75, 3.05) is 6.54 Å². The molecule has 1 saturated heterocycles. The molecule has 1 unspecified atom stereocenters.